The molecule has 4 heteroatoms. The van der Waals surface area contributed by atoms with E-state index in [0.717, 1.165) is 10.0 Å². The summed E-state index contributed by atoms with van der Waals surface area (Å²) in [5, 5.41) is 10.9. The number of aromatic carboxylic acids is 1. The summed E-state index contributed by atoms with van der Waals surface area (Å²) < 4.78 is 6.27. The highest BCUT2D eigenvalue weighted by atomic mass is 79.9. The van der Waals surface area contributed by atoms with Crippen molar-refractivity contribution >= 4 is 21.9 Å². The predicted molar refractivity (Wildman–Crippen MR) is 69.2 cm³/mol. The summed E-state index contributed by atoms with van der Waals surface area (Å²) in [4.78, 5) is 10.9. The maximum Gasteiger partial charge on any atom is 0.129 e. The van der Waals surface area contributed by atoms with Gasteiger partial charge in [-0.1, -0.05) is 46.3 Å². The number of rotatable bonds is 4. The Bertz CT molecular complexity index is 552. The fourth-order valence-corrected chi connectivity index (χ4v) is 1.86. The van der Waals surface area contributed by atoms with Crippen LogP contribution in [0.3, 0.4) is 0 Å². The lowest BCUT2D eigenvalue weighted by molar-refractivity contribution is -0.255. The van der Waals surface area contributed by atoms with Gasteiger partial charge in [-0.2, -0.15) is 0 Å². The molecule has 0 saturated heterocycles. The molecule has 0 amide bonds. The van der Waals surface area contributed by atoms with Crippen LogP contribution < -0.4 is 9.84 Å². The molecule has 2 rings (SSSR count). The molecule has 2 aromatic carbocycles. The lowest BCUT2D eigenvalue weighted by atomic mass is 10.2. The number of carbonyl (C=O) groups is 1. The topological polar surface area (TPSA) is 49.4 Å². The summed E-state index contributed by atoms with van der Waals surface area (Å²) in [5.74, 6) is -0.946. The van der Waals surface area contributed by atoms with E-state index in [1.807, 2.05) is 30.3 Å². The number of halogens is 1. The summed E-state index contributed by atoms with van der Waals surface area (Å²) in [5.41, 5.74) is 1.02. The smallest absolute Gasteiger partial charge is 0.129 e. The molecule has 2 aromatic rings. The minimum absolute atomic E-state index is 0.0501. The van der Waals surface area contributed by atoms with E-state index >= 15 is 0 Å². The first-order valence-corrected chi connectivity index (χ1v) is 6.14. The fraction of sp³-hybridized carbons (Fsp3) is 0.0714. The van der Waals surface area contributed by atoms with Gasteiger partial charge in [0, 0.05) is 10.0 Å². The Labute approximate surface area is 113 Å². The van der Waals surface area contributed by atoms with Crippen molar-refractivity contribution in [3.8, 4) is 5.75 Å². The number of carbonyl (C=O) groups excluding carboxylic acids is 1. The standard InChI is InChI=1S/C14H11BrO3/c15-11-6-7-12(14(16)17)13(8-11)18-9-10-4-2-1-3-5-10/h1-8H,9H2,(H,16,17)/p-1. The summed E-state index contributed by atoms with van der Waals surface area (Å²) in [7, 11) is 0. The second kappa shape index (κ2) is 5.69. The van der Waals surface area contributed by atoms with Gasteiger partial charge in [0.1, 0.15) is 12.4 Å². The SMILES string of the molecule is O=C([O-])c1ccc(Br)cc1OCc1ccccc1. The van der Waals surface area contributed by atoms with E-state index in [1.165, 1.54) is 6.07 Å². The molecule has 18 heavy (non-hydrogen) atoms. The molecule has 0 aliphatic rings. The lowest BCUT2D eigenvalue weighted by Crippen LogP contribution is -2.23. The molecule has 92 valence electrons. The van der Waals surface area contributed by atoms with Crippen molar-refractivity contribution in [2.24, 2.45) is 0 Å². The molecule has 0 atom stereocenters. The van der Waals surface area contributed by atoms with Crippen molar-refractivity contribution in [2.75, 3.05) is 0 Å². The normalized spacial score (nSPS) is 10.1. The minimum Gasteiger partial charge on any atom is -0.545 e. The molecular formula is C14H10BrO3-. The van der Waals surface area contributed by atoms with Crippen LogP contribution in [0, 0.1) is 0 Å². The van der Waals surface area contributed by atoms with E-state index in [0.29, 0.717) is 12.4 Å². The van der Waals surface area contributed by atoms with Crippen LogP contribution in [0.25, 0.3) is 0 Å². The highest BCUT2D eigenvalue weighted by Gasteiger charge is 2.06. The third-order valence-electron chi connectivity index (χ3n) is 2.40. The van der Waals surface area contributed by atoms with E-state index in [9.17, 15) is 9.90 Å². The average Bonchev–Trinajstić information content (AvgIpc) is 2.37. The molecule has 0 saturated carbocycles. The van der Waals surface area contributed by atoms with Gasteiger partial charge in [0.25, 0.3) is 0 Å². The zero-order chi connectivity index (χ0) is 13.0. The third-order valence-corrected chi connectivity index (χ3v) is 2.89. The van der Waals surface area contributed by atoms with E-state index in [4.69, 9.17) is 4.74 Å². The van der Waals surface area contributed by atoms with Gasteiger partial charge in [-0.3, -0.25) is 0 Å². The second-order valence-electron chi connectivity index (χ2n) is 3.70. The highest BCUT2D eigenvalue weighted by molar-refractivity contribution is 9.10. The zero-order valence-electron chi connectivity index (χ0n) is 9.43. The van der Waals surface area contributed by atoms with Crippen molar-refractivity contribution in [1.29, 1.82) is 0 Å². The van der Waals surface area contributed by atoms with Gasteiger partial charge in [0.2, 0.25) is 0 Å². The van der Waals surface area contributed by atoms with Crippen LogP contribution in [0.15, 0.2) is 53.0 Å². The van der Waals surface area contributed by atoms with Gasteiger partial charge in [-0.15, -0.1) is 0 Å². The number of hydrogen-bond donors (Lipinski definition) is 0. The van der Waals surface area contributed by atoms with E-state index < -0.39 is 5.97 Å². The molecule has 0 aromatic heterocycles. The molecule has 0 bridgehead atoms. The van der Waals surface area contributed by atoms with Crippen LogP contribution >= 0.6 is 15.9 Å². The molecule has 0 unspecified atom stereocenters. The Morgan fingerprint density at radius 3 is 2.56 bits per heavy atom. The van der Waals surface area contributed by atoms with Gasteiger partial charge < -0.3 is 14.6 Å². The van der Waals surface area contributed by atoms with Crippen molar-refractivity contribution in [3.05, 3.63) is 64.1 Å². The molecule has 3 nitrogen and oxygen atoms in total. The molecule has 0 aliphatic heterocycles. The Hall–Kier alpha value is -1.81. The molecule has 0 spiro atoms. The van der Waals surface area contributed by atoms with Crippen molar-refractivity contribution in [1.82, 2.24) is 0 Å². The predicted octanol–water partition coefficient (Wildman–Crippen LogP) is 2.39. The maximum absolute atomic E-state index is 10.9. The number of carboxylic acid groups (broad SMARTS) is 1. The minimum atomic E-state index is -1.24. The quantitative estimate of drug-likeness (QED) is 0.871. The van der Waals surface area contributed by atoms with Gasteiger partial charge >= 0.3 is 0 Å². The van der Waals surface area contributed by atoms with Crippen molar-refractivity contribution < 1.29 is 14.6 Å². The highest BCUT2D eigenvalue weighted by Crippen LogP contribution is 2.24. The van der Waals surface area contributed by atoms with Gasteiger partial charge in [0.05, 0.1) is 5.97 Å². The van der Waals surface area contributed by atoms with Crippen LogP contribution in [0.4, 0.5) is 0 Å². The molecule has 0 heterocycles. The number of ether oxygens (including phenoxy) is 1. The first-order valence-electron chi connectivity index (χ1n) is 5.34. The Morgan fingerprint density at radius 2 is 1.89 bits per heavy atom. The third kappa shape index (κ3) is 3.11. The largest absolute Gasteiger partial charge is 0.545 e. The molecular weight excluding hydrogens is 296 g/mol. The Balaban J connectivity index is 2.18. The van der Waals surface area contributed by atoms with Crippen LogP contribution in [0.2, 0.25) is 0 Å². The average molecular weight is 306 g/mol. The zero-order valence-corrected chi connectivity index (χ0v) is 11.0. The Kier molecular flexibility index (Phi) is 3.99. The number of hydrogen-bond acceptors (Lipinski definition) is 3. The fourth-order valence-electron chi connectivity index (χ4n) is 1.52. The Morgan fingerprint density at radius 1 is 1.17 bits per heavy atom. The summed E-state index contributed by atoms with van der Waals surface area (Å²) in [6.45, 7) is 0.317. The first kappa shape index (κ1) is 12.6. The second-order valence-corrected chi connectivity index (χ2v) is 4.62. The number of benzene rings is 2. The molecule has 0 fully saturated rings. The van der Waals surface area contributed by atoms with E-state index in [1.54, 1.807) is 12.1 Å². The van der Waals surface area contributed by atoms with Crippen LogP contribution in [-0.2, 0) is 6.61 Å². The van der Waals surface area contributed by atoms with Gasteiger partial charge in [-0.05, 0) is 23.8 Å². The summed E-state index contributed by atoms with van der Waals surface area (Å²) >= 11 is 3.28. The first-order chi connectivity index (χ1) is 8.66. The van der Waals surface area contributed by atoms with Gasteiger partial charge in [-0.25, -0.2) is 0 Å². The van der Waals surface area contributed by atoms with Crippen LogP contribution in [0.5, 0.6) is 5.75 Å². The van der Waals surface area contributed by atoms with Crippen LogP contribution in [-0.4, -0.2) is 5.97 Å². The molecule has 0 N–H and O–H groups in total. The molecule has 0 radical (unpaired) electrons. The maximum atomic E-state index is 10.9. The van der Waals surface area contributed by atoms with Crippen LogP contribution in [0.1, 0.15) is 15.9 Å². The van der Waals surface area contributed by atoms with Gasteiger partial charge in [0.15, 0.2) is 0 Å². The lowest BCUT2D eigenvalue weighted by Gasteiger charge is -2.12. The summed E-state index contributed by atoms with van der Waals surface area (Å²) in [6, 6.07) is 14.3. The van der Waals surface area contributed by atoms with Crippen molar-refractivity contribution in [2.45, 2.75) is 6.61 Å². The van der Waals surface area contributed by atoms with Crippen molar-refractivity contribution in [3.63, 3.8) is 0 Å². The monoisotopic (exact) mass is 305 g/mol. The van der Waals surface area contributed by atoms with E-state index in [-0.39, 0.29) is 5.56 Å². The number of carboxylic acids is 1. The van der Waals surface area contributed by atoms with E-state index in [2.05, 4.69) is 15.9 Å². The summed E-state index contributed by atoms with van der Waals surface area (Å²) in [6.07, 6.45) is 0. The molecule has 0 aliphatic carbocycles.